The van der Waals surface area contributed by atoms with E-state index in [1.54, 1.807) is 18.2 Å². The molecule has 1 aliphatic rings. The van der Waals surface area contributed by atoms with Crippen LogP contribution in [0.2, 0.25) is 0 Å². The molecule has 4 nitrogen and oxygen atoms in total. The average Bonchev–Trinajstić information content (AvgIpc) is 2.57. The van der Waals surface area contributed by atoms with Crippen molar-refractivity contribution in [3.05, 3.63) is 45.3 Å². The molecule has 3 rings (SSSR count). The van der Waals surface area contributed by atoms with Crippen LogP contribution in [0.5, 0.6) is 0 Å². The summed E-state index contributed by atoms with van der Waals surface area (Å²) in [5, 5.41) is 0.482. The van der Waals surface area contributed by atoms with Gasteiger partial charge in [-0.2, -0.15) is 0 Å². The first-order chi connectivity index (χ1) is 11.1. The molecule has 23 heavy (non-hydrogen) atoms. The van der Waals surface area contributed by atoms with Gasteiger partial charge in [0.2, 0.25) is 0 Å². The van der Waals surface area contributed by atoms with E-state index in [1.165, 1.54) is 6.92 Å². The molecule has 4 heteroatoms. The Morgan fingerprint density at radius 3 is 2.39 bits per heavy atom. The van der Waals surface area contributed by atoms with Crippen LogP contribution in [-0.2, 0) is 4.74 Å². The third-order valence-electron chi connectivity index (χ3n) is 3.99. The highest BCUT2D eigenvalue weighted by atomic mass is 16.5. The highest BCUT2D eigenvalue weighted by Crippen LogP contribution is 2.29. The molecule has 0 bridgehead atoms. The Morgan fingerprint density at radius 1 is 1.13 bits per heavy atom. The molecular formula is C19H24O4. The van der Waals surface area contributed by atoms with E-state index in [4.69, 9.17) is 9.15 Å². The summed E-state index contributed by atoms with van der Waals surface area (Å²) in [4.78, 5) is 24.2. The topological polar surface area (TPSA) is 56.5 Å². The summed E-state index contributed by atoms with van der Waals surface area (Å²) in [5.74, 6) is 0.773. The lowest BCUT2D eigenvalue weighted by atomic mass is 9.96. The fraction of sp³-hybridized carbons (Fsp3) is 0.474. The van der Waals surface area contributed by atoms with Gasteiger partial charge in [0.05, 0.1) is 10.9 Å². The van der Waals surface area contributed by atoms with Crippen molar-refractivity contribution in [1.82, 2.24) is 0 Å². The Kier molecular flexibility index (Phi) is 5.72. The van der Waals surface area contributed by atoms with Gasteiger partial charge in [0.25, 0.3) is 0 Å². The zero-order valence-corrected chi connectivity index (χ0v) is 14.3. The minimum Gasteiger partial charge on any atom is -0.460 e. The van der Waals surface area contributed by atoms with Crippen LogP contribution >= 0.6 is 0 Å². The summed E-state index contributed by atoms with van der Waals surface area (Å²) in [7, 11) is 0. The number of rotatable bonds is 2. The molecule has 2 aromatic rings. The van der Waals surface area contributed by atoms with Crippen molar-refractivity contribution in [2.45, 2.75) is 46.5 Å². The molecule has 2 heterocycles. The smallest absolute Gasteiger partial charge is 0.192 e. The molecule has 0 N–H and O–H groups in total. The van der Waals surface area contributed by atoms with Crippen molar-refractivity contribution in [3.63, 3.8) is 0 Å². The fourth-order valence-corrected chi connectivity index (χ4v) is 2.87. The summed E-state index contributed by atoms with van der Waals surface area (Å²) in [6.07, 6.45) is 1.69. The molecule has 1 aromatic carbocycles. The number of hydrogen-bond acceptors (Lipinski definition) is 4. The van der Waals surface area contributed by atoms with E-state index in [2.05, 4.69) is 0 Å². The molecule has 1 fully saturated rings. The van der Waals surface area contributed by atoms with Gasteiger partial charge in [-0.25, -0.2) is 0 Å². The van der Waals surface area contributed by atoms with E-state index < -0.39 is 0 Å². The third kappa shape index (κ3) is 3.70. The van der Waals surface area contributed by atoms with Gasteiger partial charge in [-0.05, 0) is 44.4 Å². The molecule has 1 saturated heterocycles. The van der Waals surface area contributed by atoms with Gasteiger partial charge in [-0.15, -0.1) is 0 Å². The molecule has 0 atom stereocenters. The standard InChI is InChI=1S/C17H18O4.C2H6/c1-10-7-13(11(2)18)17-14(8-10)15(19)9-16(21-17)12-3-5-20-6-4-12;1-2/h7-9,12H,3-6H2,1-2H3;1-2H3. The Hall–Kier alpha value is -1.94. The second kappa shape index (κ2) is 7.55. The highest BCUT2D eigenvalue weighted by molar-refractivity contribution is 6.04. The molecule has 0 amide bonds. The molecule has 1 aromatic heterocycles. The van der Waals surface area contributed by atoms with Gasteiger partial charge in [0.15, 0.2) is 11.2 Å². The summed E-state index contributed by atoms with van der Waals surface area (Å²) in [6, 6.07) is 5.13. The number of fused-ring (bicyclic) bond motifs is 1. The Bertz CT molecular complexity index is 752. The predicted octanol–water partition coefficient (Wildman–Crippen LogP) is 4.22. The third-order valence-corrected chi connectivity index (χ3v) is 3.99. The van der Waals surface area contributed by atoms with Crippen molar-refractivity contribution in [3.8, 4) is 0 Å². The maximum Gasteiger partial charge on any atom is 0.192 e. The van der Waals surface area contributed by atoms with Crippen LogP contribution in [0.4, 0.5) is 0 Å². The first-order valence-corrected chi connectivity index (χ1v) is 8.23. The van der Waals surface area contributed by atoms with Crippen LogP contribution in [-0.4, -0.2) is 19.0 Å². The number of Topliss-reactive ketones (excluding diaryl/α,β-unsaturated/α-hetero) is 1. The molecule has 1 aliphatic heterocycles. The summed E-state index contributed by atoms with van der Waals surface area (Å²) >= 11 is 0. The number of carbonyl (C=O) groups is 1. The second-order valence-electron chi connectivity index (χ2n) is 5.65. The minimum atomic E-state index is -0.0871. The molecule has 0 radical (unpaired) electrons. The Morgan fingerprint density at radius 2 is 1.78 bits per heavy atom. The van der Waals surface area contributed by atoms with Crippen molar-refractivity contribution in [2.24, 2.45) is 0 Å². The molecule has 0 spiro atoms. The number of aryl methyl sites for hydroxylation is 1. The van der Waals surface area contributed by atoms with Crippen molar-refractivity contribution in [2.75, 3.05) is 13.2 Å². The van der Waals surface area contributed by atoms with Gasteiger partial charge < -0.3 is 9.15 Å². The lowest BCUT2D eigenvalue weighted by molar-refractivity contribution is 0.0807. The molecular weight excluding hydrogens is 292 g/mol. The predicted molar refractivity (Wildman–Crippen MR) is 91.4 cm³/mol. The van der Waals surface area contributed by atoms with Crippen LogP contribution < -0.4 is 5.43 Å². The average molecular weight is 316 g/mol. The molecule has 0 aliphatic carbocycles. The number of hydrogen-bond donors (Lipinski definition) is 0. The van der Waals surface area contributed by atoms with Gasteiger partial charge in [-0.1, -0.05) is 13.8 Å². The Balaban J connectivity index is 0.000000924. The van der Waals surface area contributed by atoms with Gasteiger partial charge >= 0.3 is 0 Å². The highest BCUT2D eigenvalue weighted by Gasteiger charge is 2.21. The van der Waals surface area contributed by atoms with Crippen molar-refractivity contribution >= 4 is 16.8 Å². The Labute approximate surface area is 136 Å². The number of carbonyl (C=O) groups excluding carboxylic acids is 1. The summed E-state index contributed by atoms with van der Waals surface area (Å²) in [6.45, 7) is 8.73. The van der Waals surface area contributed by atoms with Gasteiger partial charge in [-0.3, -0.25) is 9.59 Å². The normalized spacial score (nSPS) is 15.1. The lowest BCUT2D eigenvalue weighted by Crippen LogP contribution is -2.16. The minimum absolute atomic E-state index is 0.0797. The van der Waals surface area contributed by atoms with Crippen molar-refractivity contribution in [1.29, 1.82) is 0 Å². The van der Waals surface area contributed by atoms with Crippen LogP contribution in [0.25, 0.3) is 11.0 Å². The lowest BCUT2D eigenvalue weighted by Gasteiger charge is -2.21. The number of ketones is 1. The number of ether oxygens (including phenoxy) is 1. The monoisotopic (exact) mass is 316 g/mol. The first kappa shape index (κ1) is 17.4. The fourth-order valence-electron chi connectivity index (χ4n) is 2.87. The maximum atomic E-state index is 12.4. The van der Waals surface area contributed by atoms with Crippen LogP contribution in [0, 0.1) is 6.92 Å². The van der Waals surface area contributed by atoms with E-state index in [9.17, 15) is 9.59 Å². The largest absolute Gasteiger partial charge is 0.460 e. The van der Waals surface area contributed by atoms with Crippen LogP contribution in [0.1, 0.15) is 61.2 Å². The van der Waals surface area contributed by atoms with E-state index in [0.29, 0.717) is 35.5 Å². The summed E-state index contributed by atoms with van der Waals surface area (Å²) < 4.78 is 11.3. The van der Waals surface area contributed by atoms with Crippen LogP contribution in [0.15, 0.2) is 27.4 Å². The first-order valence-electron chi connectivity index (χ1n) is 8.23. The molecule has 124 valence electrons. The zero-order valence-electron chi connectivity index (χ0n) is 14.3. The zero-order chi connectivity index (χ0) is 17.0. The summed E-state index contributed by atoms with van der Waals surface area (Å²) in [5.41, 5.74) is 1.71. The maximum absolute atomic E-state index is 12.4. The quantitative estimate of drug-likeness (QED) is 0.778. The second-order valence-corrected chi connectivity index (χ2v) is 5.65. The van der Waals surface area contributed by atoms with Crippen molar-refractivity contribution < 1.29 is 13.9 Å². The molecule has 0 saturated carbocycles. The SMILES string of the molecule is CC.CC(=O)c1cc(C)cc2c(=O)cc(C3CCOCC3)oc12. The van der Waals surface area contributed by atoms with Gasteiger partial charge in [0, 0.05) is 25.2 Å². The number of benzene rings is 1. The van der Waals surface area contributed by atoms with E-state index in [0.717, 1.165) is 18.4 Å². The van der Waals surface area contributed by atoms with E-state index >= 15 is 0 Å². The molecule has 0 unspecified atom stereocenters. The van der Waals surface area contributed by atoms with Gasteiger partial charge in [0.1, 0.15) is 11.3 Å². The van der Waals surface area contributed by atoms with E-state index in [1.807, 2.05) is 20.8 Å². The van der Waals surface area contributed by atoms with E-state index in [-0.39, 0.29) is 17.1 Å². The van der Waals surface area contributed by atoms with Crippen LogP contribution in [0.3, 0.4) is 0 Å².